The van der Waals surface area contributed by atoms with Gasteiger partial charge < -0.3 is 4.57 Å². The van der Waals surface area contributed by atoms with Gasteiger partial charge in [0, 0.05) is 21.9 Å². The summed E-state index contributed by atoms with van der Waals surface area (Å²) in [6, 6.07) is 52.8. The van der Waals surface area contributed by atoms with Gasteiger partial charge in [0.25, 0.3) is 11.8 Å². The zero-order valence-corrected chi connectivity index (χ0v) is 27.7. The number of amides is 2. The largest absolute Gasteiger partial charge is 0.308 e. The van der Waals surface area contributed by atoms with Gasteiger partial charge in [-0.05, 0) is 65.9 Å². The molecule has 7 aromatic carbocycles. The number of anilines is 1. The molecule has 0 saturated heterocycles. The molecule has 1 aliphatic rings. The lowest BCUT2D eigenvalue weighted by Crippen LogP contribution is -2.30. The number of hydrogen-bond acceptors (Lipinski definition) is 2. The third kappa shape index (κ3) is 4.46. The zero-order chi connectivity index (χ0) is 33.9. The van der Waals surface area contributed by atoms with E-state index < -0.39 is 0 Å². The highest BCUT2D eigenvalue weighted by Gasteiger charge is 2.41. The van der Waals surface area contributed by atoms with Crippen LogP contribution in [0.2, 0.25) is 0 Å². The van der Waals surface area contributed by atoms with Crippen molar-refractivity contribution in [2.45, 2.75) is 13.8 Å². The smallest absolute Gasteiger partial charge is 0.268 e. The van der Waals surface area contributed by atoms with Gasteiger partial charge in [0.15, 0.2) is 0 Å². The van der Waals surface area contributed by atoms with Gasteiger partial charge in [0.2, 0.25) is 0 Å². The molecule has 8 aromatic rings. The molecule has 0 bridgehead atoms. The van der Waals surface area contributed by atoms with Gasteiger partial charge in [-0.2, -0.15) is 0 Å². The molecular formula is C46H32N2O2. The molecule has 4 heteroatoms. The summed E-state index contributed by atoms with van der Waals surface area (Å²) in [6.07, 6.45) is 0. The lowest BCUT2D eigenvalue weighted by molar-refractivity contribution is 0.0926. The van der Waals surface area contributed by atoms with Crippen LogP contribution in [0, 0.1) is 13.8 Å². The van der Waals surface area contributed by atoms with E-state index in [4.69, 9.17) is 0 Å². The molecule has 50 heavy (non-hydrogen) atoms. The van der Waals surface area contributed by atoms with Crippen molar-refractivity contribution in [1.82, 2.24) is 4.57 Å². The standard InChI is InChI=1S/C46H32N2O2/c1-29-26-27-33(30(2)28-29)36-20-11-21-37-35-18-9-10-23-39(35)47(44(36)37)41-25-13-22-38-43(41)46(50)48(45(38)49)40-24-12-19-34(31-14-5-3-6-15-31)42(40)32-16-7-4-8-17-32/h3-28H,1-2H3. The molecule has 0 unspecified atom stereocenters. The van der Waals surface area contributed by atoms with E-state index in [2.05, 4.69) is 85.1 Å². The summed E-state index contributed by atoms with van der Waals surface area (Å²) in [7, 11) is 0. The maximum atomic E-state index is 15.0. The van der Waals surface area contributed by atoms with Crippen LogP contribution in [-0.2, 0) is 0 Å². The number of carbonyl (C=O) groups is 2. The van der Waals surface area contributed by atoms with Crippen molar-refractivity contribution in [3.63, 3.8) is 0 Å². The Balaban J connectivity index is 1.30. The van der Waals surface area contributed by atoms with Gasteiger partial charge in [-0.25, -0.2) is 4.90 Å². The number of aryl methyl sites for hydroxylation is 2. The van der Waals surface area contributed by atoms with E-state index in [0.29, 0.717) is 22.5 Å². The van der Waals surface area contributed by atoms with Crippen molar-refractivity contribution in [3.05, 3.63) is 180 Å². The molecule has 0 fully saturated rings. The first-order chi connectivity index (χ1) is 24.5. The van der Waals surface area contributed by atoms with Crippen LogP contribution in [0.15, 0.2) is 158 Å². The van der Waals surface area contributed by atoms with Crippen LogP contribution in [0.4, 0.5) is 5.69 Å². The maximum absolute atomic E-state index is 15.0. The number of nitrogens with zero attached hydrogens (tertiary/aromatic N) is 2. The SMILES string of the molecule is Cc1ccc(-c2cccc3c4ccccc4n(-c4cccc5c4C(=O)N(c4cccc(-c6ccccc6)c4-c4ccccc4)C5=O)c23)c(C)c1. The third-order valence-corrected chi connectivity index (χ3v) is 9.93. The number of imide groups is 1. The Morgan fingerprint density at radius 2 is 1.06 bits per heavy atom. The minimum atomic E-state index is -0.335. The van der Waals surface area contributed by atoms with Crippen LogP contribution >= 0.6 is 0 Å². The second kappa shape index (κ2) is 11.6. The Morgan fingerprint density at radius 3 is 1.82 bits per heavy atom. The molecule has 1 aromatic heterocycles. The van der Waals surface area contributed by atoms with E-state index in [0.717, 1.165) is 55.2 Å². The third-order valence-electron chi connectivity index (χ3n) is 9.93. The zero-order valence-electron chi connectivity index (χ0n) is 27.7. The first-order valence-electron chi connectivity index (χ1n) is 16.9. The number of rotatable bonds is 5. The van der Waals surface area contributed by atoms with Crippen molar-refractivity contribution in [1.29, 1.82) is 0 Å². The van der Waals surface area contributed by atoms with Crippen LogP contribution < -0.4 is 4.90 Å². The van der Waals surface area contributed by atoms with Crippen molar-refractivity contribution in [2.24, 2.45) is 0 Å². The van der Waals surface area contributed by atoms with Crippen LogP contribution in [-0.4, -0.2) is 16.4 Å². The molecule has 0 spiro atoms. The Labute approximate surface area is 290 Å². The second-order valence-corrected chi connectivity index (χ2v) is 12.9. The fourth-order valence-corrected chi connectivity index (χ4v) is 7.77. The Kier molecular flexibility index (Phi) is 6.85. The minimum absolute atomic E-state index is 0.329. The summed E-state index contributed by atoms with van der Waals surface area (Å²) < 4.78 is 2.19. The van der Waals surface area contributed by atoms with Crippen LogP contribution in [0.5, 0.6) is 0 Å². The molecule has 0 saturated carbocycles. The molecular weight excluding hydrogens is 613 g/mol. The summed E-state index contributed by atoms with van der Waals surface area (Å²) in [5, 5.41) is 2.17. The van der Waals surface area contributed by atoms with Gasteiger partial charge in [-0.1, -0.05) is 139 Å². The quantitative estimate of drug-likeness (QED) is 0.175. The van der Waals surface area contributed by atoms with Crippen molar-refractivity contribution in [3.8, 4) is 39.1 Å². The highest BCUT2D eigenvalue weighted by Crippen LogP contribution is 2.45. The molecule has 2 amide bonds. The molecule has 238 valence electrons. The van der Waals surface area contributed by atoms with Crippen molar-refractivity contribution >= 4 is 39.3 Å². The topological polar surface area (TPSA) is 42.3 Å². The summed E-state index contributed by atoms with van der Waals surface area (Å²) in [5.41, 5.74) is 12.3. The average Bonchev–Trinajstić information content (AvgIpc) is 3.63. The van der Waals surface area contributed by atoms with Crippen LogP contribution in [0.1, 0.15) is 31.8 Å². The minimum Gasteiger partial charge on any atom is -0.308 e. The van der Waals surface area contributed by atoms with Gasteiger partial charge in [0.1, 0.15) is 0 Å². The first kappa shape index (κ1) is 29.6. The molecule has 0 radical (unpaired) electrons. The molecule has 0 N–H and O–H groups in total. The lowest BCUT2D eigenvalue weighted by Gasteiger charge is -2.22. The number of fused-ring (bicyclic) bond motifs is 4. The molecule has 2 heterocycles. The molecule has 0 aliphatic carbocycles. The normalized spacial score (nSPS) is 12.6. The number of hydrogen-bond donors (Lipinski definition) is 0. The summed E-state index contributed by atoms with van der Waals surface area (Å²) in [4.78, 5) is 30.9. The first-order valence-corrected chi connectivity index (χ1v) is 16.9. The van der Waals surface area contributed by atoms with Gasteiger partial charge in [-0.3, -0.25) is 9.59 Å². The molecule has 4 nitrogen and oxygen atoms in total. The number of benzene rings is 7. The molecule has 1 aliphatic heterocycles. The lowest BCUT2D eigenvalue weighted by atomic mass is 9.92. The average molecular weight is 645 g/mol. The van der Waals surface area contributed by atoms with E-state index >= 15 is 0 Å². The van der Waals surface area contributed by atoms with E-state index in [1.54, 1.807) is 6.07 Å². The van der Waals surface area contributed by atoms with E-state index in [1.165, 1.54) is 16.0 Å². The Morgan fingerprint density at radius 1 is 0.440 bits per heavy atom. The summed E-state index contributed by atoms with van der Waals surface area (Å²) in [5.74, 6) is -0.664. The van der Waals surface area contributed by atoms with Crippen molar-refractivity contribution in [2.75, 3.05) is 4.90 Å². The fraction of sp³-hybridized carbons (Fsp3) is 0.0435. The number of aromatic nitrogens is 1. The number of para-hydroxylation sites is 2. The highest BCUT2D eigenvalue weighted by molar-refractivity contribution is 6.37. The molecule has 9 rings (SSSR count). The Bertz CT molecular complexity index is 2650. The Hall–Kier alpha value is -6.52. The monoisotopic (exact) mass is 644 g/mol. The predicted octanol–water partition coefficient (Wildman–Crippen LogP) is 11.2. The summed E-state index contributed by atoms with van der Waals surface area (Å²) in [6.45, 7) is 4.25. The highest BCUT2D eigenvalue weighted by atomic mass is 16.2. The maximum Gasteiger partial charge on any atom is 0.268 e. The van der Waals surface area contributed by atoms with Crippen molar-refractivity contribution < 1.29 is 9.59 Å². The molecule has 0 atom stereocenters. The van der Waals surface area contributed by atoms with Gasteiger partial charge in [-0.15, -0.1) is 0 Å². The van der Waals surface area contributed by atoms with E-state index in [9.17, 15) is 9.59 Å². The number of carbonyl (C=O) groups excluding carboxylic acids is 2. The van der Waals surface area contributed by atoms with Crippen LogP contribution in [0.25, 0.3) is 60.9 Å². The van der Waals surface area contributed by atoms with E-state index in [-0.39, 0.29) is 11.8 Å². The van der Waals surface area contributed by atoms with Crippen LogP contribution in [0.3, 0.4) is 0 Å². The van der Waals surface area contributed by atoms with Gasteiger partial charge >= 0.3 is 0 Å². The van der Waals surface area contributed by atoms with E-state index in [1.807, 2.05) is 84.9 Å². The van der Waals surface area contributed by atoms with Gasteiger partial charge in [0.05, 0.1) is 33.5 Å². The summed E-state index contributed by atoms with van der Waals surface area (Å²) >= 11 is 0. The fourth-order valence-electron chi connectivity index (χ4n) is 7.77. The predicted molar refractivity (Wildman–Crippen MR) is 204 cm³/mol. The second-order valence-electron chi connectivity index (χ2n) is 12.9.